The van der Waals surface area contributed by atoms with Gasteiger partial charge >= 0.3 is 6.18 Å². The third kappa shape index (κ3) is 3.65. The van der Waals surface area contributed by atoms with E-state index >= 15 is 0 Å². The van der Waals surface area contributed by atoms with Crippen LogP contribution in [0, 0.1) is 0 Å². The van der Waals surface area contributed by atoms with E-state index in [1.165, 1.54) is 12.4 Å². The average molecular weight is 435 g/mol. The van der Waals surface area contributed by atoms with Crippen molar-refractivity contribution in [2.45, 2.75) is 19.1 Å². The number of hydrogen-bond donors (Lipinski definition) is 0. The molecule has 0 aliphatic rings. The summed E-state index contributed by atoms with van der Waals surface area (Å²) in [4.78, 5) is 23.0. The molecule has 0 aliphatic carbocycles. The number of fused-ring (bicyclic) bond motifs is 1. The summed E-state index contributed by atoms with van der Waals surface area (Å²) < 4.78 is 44.8. The third-order valence-corrected chi connectivity index (χ3v) is 4.82. The summed E-state index contributed by atoms with van der Waals surface area (Å²) in [5.74, 6) is 0.399. The van der Waals surface area contributed by atoms with Crippen molar-refractivity contribution in [1.29, 1.82) is 0 Å². The Hall–Kier alpha value is -3.27. The summed E-state index contributed by atoms with van der Waals surface area (Å²) in [6.45, 7) is 1.83. The minimum atomic E-state index is -4.54. The molecule has 4 aromatic rings. The van der Waals surface area contributed by atoms with Crippen LogP contribution < -0.4 is 4.90 Å². The van der Waals surface area contributed by atoms with Crippen LogP contribution in [0.3, 0.4) is 0 Å². The lowest BCUT2D eigenvalue weighted by Crippen LogP contribution is -2.23. The highest BCUT2D eigenvalue weighted by Gasteiger charge is 2.32. The molecule has 1 unspecified atom stereocenters. The molecule has 1 atom stereocenters. The monoisotopic (exact) mass is 434 g/mol. The van der Waals surface area contributed by atoms with Gasteiger partial charge in [-0.25, -0.2) is 15.0 Å². The Kier molecular flexibility index (Phi) is 5.02. The van der Waals surface area contributed by atoms with Crippen molar-refractivity contribution in [3.05, 3.63) is 59.3 Å². The van der Waals surface area contributed by atoms with Crippen LogP contribution in [0.5, 0.6) is 0 Å². The highest BCUT2D eigenvalue weighted by molar-refractivity contribution is 6.34. The molecule has 11 heteroatoms. The van der Waals surface area contributed by atoms with E-state index in [-0.39, 0.29) is 22.1 Å². The number of benzene rings is 1. The van der Waals surface area contributed by atoms with Gasteiger partial charge in [-0.2, -0.15) is 18.2 Å². The molecular weight excluding hydrogens is 421 g/mol. The predicted molar refractivity (Wildman–Crippen MR) is 104 cm³/mol. The van der Waals surface area contributed by atoms with Crippen LogP contribution in [-0.4, -0.2) is 32.0 Å². The Morgan fingerprint density at radius 2 is 1.73 bits per heavy atom. The van der Waals surface area contributed by atoms with E-state index in [0.29, 0.717) is 17.2 Å². The summed E-state index contributed by atoms with van der Waals surface area (Å²) in [7, 11) is 1.68. The fraction of sp³-hybridized carbons (Fsp3) is 0.211. The lowest BCUT2D eigenvalue weighted by molar-refractivity contribution is -0.137. The van der Waals surface area contributed by atoms with Gasteiger partial charge in [0.15, 0.2) is 11.4 Å². The average Bonchev–Trinajstić information content (AvgIpc) is 3.18. The third-order valence-electron chi connectivity index (χ3n) is 4.54. The normalized spacial score (nSPS) is 12.9. The van der Waals surface area contributed by atoms with Crippen LogP contribution >= 0.6 is 11.6 Å². The van der Waals surface area contributed by atoms with Crippen molar-refractivity contribution >= 4 is 28.7 Å². The maximum Gasteiger partial charge on any atom is 0.416 e. The van der Waals surface area contributed by atoms with Crippen LogP contribution in [0.2, 0.25) is 5.02 Å². The number of alkyl halides is 3. The van der Waals surface area contributed by atoms with Crippen molar-refractivity contribution in [3.8, 4) is 11.5 Å². The summed E-state index contributed by atoms with van der Waals surface area (Å²) in [6.07, 6.45) is 1.71. The van der Waals surface area contributed by atoms with Gasteiger partial charge in [0.1, 0.15) is 11.2 Å². The second-order valence-corrected chi connectivity index (χ2v) is 6.86. The SMILES string of the molecule is CC(c1nccnc1-c1ncccn1)N(C)c1nc2cc(C(F)(F)F)cc(Cl)c2o1. The molecular formula is C19H14ClF3N6O. The maximum atomic E-state index is 13.1. The van der Waals surface area contributed by atoms with Crippen molar-refractivity contribution in [2.24, 2.45) is 0 Å². The fourth-order valence-corrected chi connectivity index (χ4v) is 3.14. The number of rotatable bonds is 4. The number of aromatic nitrogens is 5. The van der Waals surface area contributed by atoms with E-state index in [2.05, 4.69) is 24.9 Å². The van der Waals surface area contributed by atoms with Gasteiger partial charge in [0.2, 0.25) is 0 Å². The zero-order valence-corrected chi connectivity index (χ0v) is 16.5. The van der Waals surface area contributed by atoms with Crippen molar-refractivity contribution < 1.29 is 17.6 Å². The zero-order valence-electron chi connectivity index (χ0n) is 15.7. The molecule has 3 heterocycles. The number of anilines is 1. The molecule has 0 fully saturated rings. The van der Waals surface area contributed by atoms with E-state index < -0.39 is 17.8 Å². The Bertz CT molecular complexity index is 1200. The first-order valence-corrected chi connectivity index (χ1v) is 9.12. The van der Waals surface area contributed by atoms with Crippen LogP contribution in [-0.2, 0) is 6.18 Å². The van der Waals surface area contributed by atoms with Crippen LogP contribution in [0.1, 0.15) is 24.2 Å². The fourth-order valence-electron chi connectivity index (χ4n) is 2.89. The molecule has 0 amide bonds. The van der Waals surface area contributed by atoms with Gasteiger partial charge in [0.25, 0.3) is 6.01 Å². The quantitative estimate of drug-likeness (QED) is 0.449. The zero-order chi connectivity index (χ0) is 21.5. The molecule has 0 saturated heterocycles. The molecule has 4 rings (SSSR count). The minimum Gasteiger partial charge on any atom is -0.422 e. The molecule has 0 bridgehead atoms. The second-order valence-electron chi connectivity index (χ2n) is 6.45. The maximum absolute atomic E-state index is 13.1. The van der Waals surface area contributed by atoms with E-state index in [4.69, 9.17) is 16.0 Å². The molecule has 0 radical (unpaired) electrons. The molecule has 30 heavy (non-hydrogen) atoms. The molecule has 0 saturated carbocycles. The smallest absolute Gasteiger partial charge is 0.416 e. The summed E-state index contributed by atoms with van der Waals surface area (Å²) in [5, 5.41) is -0.169. The number of nitrogens with zero attached hydrogens (tertiary/aromatic N) is 6. The molecule has 7 nitrogen and oxygen atoms in total. The summed E-state index contributed by atoms with van der Waals surface area (Å²) in [5.41, 5.74) is 0.216. The van der Waals surface area contributed by atoms with Gasteiger partial charge in [-0.1, -0.05) is 11.6 Å². The van der Waals surface area contributed by atoms with Crippen molar-refractivity contribution in [2.75, 3.05) is 11.9 Å². The van der Waals surface area contributed by atoms with E-state index in [0.717, 1.165) is 12.1 Å². The Morgan fingerprint density at radius 3 is 2.43 bits per heavy atom. The van der Waals surface area contributed by atoms with E-state index in [1.54, 1.807) is 30.4 Å². The van der Waals surface area contributed by atoms with Crippen LogP contribution in [0.25, 0.3) is 22.6 Å². The highest BCUT2D eigenvalue weighted by Crippen LogP contribution is 2.37. The lowest BCUT2D eigenvalue weighted by Gasteiger charge is -2.23. The first kappa shape index (κ1) is 20.0. The predicted octanol–water partition coefficient (Wildman–Crippen LogP) is 4.94. The van der Waals surface area contributed by atoms with Gasteiger partial charge < -0.3 is 9.32 Å². The Morgan fingerprint density at radius 1 is 1.03 bits per heavy atom. The van der Waals surface area contributed by atoms with Gasteiger partial charge in [-0.05, 0) is 25.1 Å². The van der Waals surface area contributed by atoms with Crippen LogP contribution in [0.4, 0.5) is 19.2 Å². The highest BCUT2D eigenvalue weighted by atomic mass is 35.5. The molecule has 1 aromatic carbocycles. The van der Waals surface area contributed by atoms with Gasteiger partial charge in [-0.3, -0.25) is 4.98 Å². The topological polar surface area (TPSA) is 80.8 Å². The van der Waals surface area contributed by atoms with Gasteiger partial charge in [0, 0.05) is 31.8 Å². The first-order chi connectivity index (χ1) is 14.3. The molecule has 0 spiro atoms. The number of hydrogen-bond acceptors (Lipinski definition) is 7. The molecule has 0 aliphatic heterocycles. The van der Waals surface area contributed by atoms with Crippen molar-refractivity contribution in [3.63, 3.8) is 0 Å². The summed E-state index contributed by atoms with van der Waals surface area (Å²) in [6, 6.07) is 3.08. The van der Waals surface area contributed by atoms with Gasteiger partial charge in [-0.15, -0.1) is 0 Å². The van der Waals surface area contributed by atoms with Crippen LogP contribution in [0.15, 0.2) is 47.4 Å². The summed E-state index contributed by atoms with van der Waals surface area (Å²) >= 11 is 6.00. The lowest BCUT2D eigenvalue weighted by atomic mass is 10.1. The molecule has 154 valence electrons. The standard InChI is InChI=1S/C19H14ClF3N6O/c1-10(14-15(25-7-6-24-14)17-26-4-3-5-27-17)29(2)18-28-13-9-11(19(21,22)23)8-12(20)16(13)30-18/h3-10H,1-2H3. The Balaban J connectivity index is 1.73. The van der Waals surface area contributed by atoms with Gasteiger partial charge in [0.05, 0.1) is 22.3 Å². The molecule has 3 aromatic heterocycles. The largest absolute Gasteiger partial charge is 0.422 e. The number of oxazole rings is 1. The first-order valence-electron chi connectivity index (χ1n) is 8.74. The number of halogens is 4. The van der Waals surface area contributed by atoms with E-state index in [1.807, 2.05) is 6.92 Å². The Labute approximate surface area is 173 Å². The minimum absolute atomic E-state index is 0.00892. The molecule has 0 N–H and O–H groups in total. The van der Waals surface area contributed by atoms with Crippen molar-refractivity contribution in [1.82, 2.24) is 24.9 Å². The van der Waals surface area contributed by atoms with E-state index in [9.17, 15) is 13.2 Å². The second kappa shape index (κ2) is 7.52.